The monoisotopic (exact) mass is 482 g/mol. The zero-order chi connectivity index (χ0) is 25.9. The van der Waals surface area contributed by atoms with Crippen LogP contribution in [0, 0.1) is 11.3 Å². The average molecular weight is 483 g/mol. The second-order valence-electron chi connectivity index (χ2n) is 8.75. The van der Waals surface area contributed by atoms with Crippen LogP contribution in [-0.4, -0.2) is 28.1 Å². The van der Waals surface area contributed by atoms with E-state index in [9.17, 15) is 24.6 Å². The van der Waals surface area contributed by atoms with Gasteiger partial charge in [0, 0.05) is 12.8 Å². The number of carboxylic acid groups (broad SMARTS) is 2. The number of hydrogen-bond donors (Lipinski definition) is 2. The summed E-state index contributed by atoms with van der Waals surface area (Å²) in [5, 5.41) is 21.3. The van der Waals surface area contributed by atoms with E-state index in [0.717, 1.165) is 0 Å². The molecule has 0 aliphatic heterocycles. The van der Waals surface area contributed by atoms with Crippen molar-refractivity contribution in [2.75, 3.05) is 0 Å². The summed E-state index contributed by atoms with van der Waals surface area (Å²) in [6, 6.07) is 27.7. The van der Waals surface area contributed by atoms with Gasteiger partial charge in [-0.3, -0.25) is 9.59 Å². The SMILES string of the molecule is CC(=O)OC1=C(C(=O)O)C(C)C(C(=O)O)(C(c2ccccc2)(c2ccccc2)c2ccccc2)C=C1. The van der Waals surface area contributed by atoms with E-state index in [1.165, 1.54) is 19.1 Å². The molecule has 36 heavy (non-hydrogen) atoms. The Morgan fingerprint density at radius 1 is 0.778 bits per heavy atom. The summed E-state index contributed by atoms with van der Waals surface area (Å²) in [6.07, 6.45) is 2.79. The zero-order valence-electron chi connectivity index (χ0n) is 19.9. The predicted octanol–water partition coefficient (Wildman–Crippen LogP) is 5.20. The molecule has 1 aliphatic carbocycles. The molecule has 0 heterocycles. The van der Waals surface area contributed by atoms with Crippen molar-refractivity contribution in [3.63, 3.8) is 0 Å². The van der Waals surface area contributed by atoms with Gasteiger partial charge in [-0.1, -0.05) is 104 Å². The highest BCUT2D eigenvalue weighted by atomic mass is 16.5. The van der Waals surface area contributed by atoms with Crippen LogP contribution in [-0.2, 0) is 24.5 Å². The Bertz CT molecular complexity index is 1250. The lowest BCUT2D eigenvalue weighted by atomic mass is 9.48. The number of aliphatic carboxylic acids is 2. The van der Waals surface area contributed by atoms with E-state index in [0.29, 0.717) is 16.7 Å². The second kappa shape index (κ2) is 9.66. The number of carbonyl (C=O) groups is 3. The maximum atomic E-state index is 13.6. The standard InChI is InChI=1S/C30H26O6/c1-20-26(27(32)33)25(36-21(2)31)18-19-29(20,28(34)35)30(22-12-6-3-7-13-22,23-14-8-4-9-15-23)24-16-10-5-11-17-24/h3-20H,1-2H3,(H,32,33)(H,34,35). The van der Waals surface area contributed by atoms with Gasteiger partial charge in [0.1, 0.15) is 11.2 Å². The van der Waals surface area contributed by atoms with Crippen LogP contribution >= 0.6 is 0 Å². The average Bonchev–Trinajstić information content (AvgIpc) is 2.87. The maximum Gasteiger partial charge on any atom is 0.335 e. The lowest BCUT2D eigenvalue weighted by Crippen LogP contribution is -2.57. The minimum Gasteiger partial charge on any atom is -0.481 e. The number of benzene rings is 3. The fourth-order valence-corrected chi connectivity index (χ4v) is 5.56. The number of esters is 1. The van der Waals surface area contributed by atoms with Crippen LogP contribution in [0.4, 0.5) is 0 Å². The van der Waals surface area contributed by atoms with E-state index in [1.54, 1.807) is 6.92 Å². The van der Waals surface area contributed by atoms with Gasteiger partial charge in [0.25, 0.3) is 0 Å². The quantitative estimate of drug-likeness (QED) is 0.355. The molecule has 182 valence electrons. The van der Waals surface area contributed by atoms with Gasteiger partial charge in [-0.25, -0.2) is 4.79 Å². The smallest absolute Gasteiger partial charge is 0.335 e. The molecule has 0 saturated carbocycles. The first kappa shape index (κ1) is 24.7. The molecule has 0 bridgehead atoms. The minimum atomic E-state index is -1.81. The van der Waals surface area contributed by atoms with Gasteiger partial charge < -0.3 is 14.9 Å². The van der Waals surface area contributed by atoms with E-state index in [-0.39, 0.29) is 11.3 Å². The normalized spacial score (nSPS) is 19.6. The lowest BCUT2D eigenvalue weighted by Gasteiger charge is -2.52. The molecule has 0 saturated heterocycles. The molecule has 3 aromatic carbocycles. The molecule has 0 aromatic heterocycles. The number of allylic oxidation sites excluding steroid dienone is 1. The Kier molecular flexibility index (Phi) is 6.62. The molecule has 1 aliphatic rings. The van der Waals surface area contributed by atoms with Crippen molar-refractivity contribution in [2.45, 2.75) is 19.3 Å². The van der Waals surface area contributed by atoms with E-state index < -0.39 is 34.7 Å². The number of hydrogen-bond acceptors (Lipinski definition) is 4. The highest BCUT2D eigenvalue weighted by Gasteiger charge is 2.63. The summed E-state index contributed by atoms with van der Waals surface area (Å²) >= 11 is 0. The van der Waals surface area contributed by atoms with Crippen LogP contribution < -0.4 is 0 Å². The molecule has 4 rings (SSSR count). The van der Waals surface area contributed by atoms with E-state index in [2.05, 4.69) is 0 Å². The van der Waals surface area contributed by atoms with Crippen molar-refractivity contribution in [2.24, 2.45) is 11.3 Å². The fraction of sp³-hybridized carbons (Fsp3) is 0.167. The molecule has 0 spiro atoms. The van der Waals surface area contributed by atoms with Gasteiger partial charge in [-0.15, -0.1) is 0 Å². The van der Waals surface area contributed by atoms with Crippen molar-refractivity contribution in [3.05, 3.63) is 131 Å². The first-order valence-electron chi connectivity index (χ1n) is 11.5. The van der Waals surface area contributed by atoms with Crippen LogP contribution in [0.15, 0.2) is 114 Å². The topological polar surface area (TPSA) is 101 Å². The Morgan fingerprint density at radius 2 is 1.19 bits per heavy atom. The van der Waals surface area contributed by atoms with Crippen LogP contribution in [0.1, 0.15) is 30.5 Å². The zero-order valence-corrected chi connectivity index (χ0v) is 19.9. The van der Waals surface area contributed by atoms with E-state index in [4.69, 9.17) is 4.74 Å². The molecule has 3 aromatic rings. The van der Waals surface area contributed by atoms with Crippen molar-refractivity contribution in [1.82, 2.24) is 0 Å². The third kappa shape index (κ3) is 3.71. The largest absolute Gasteiger partial charge is 0.481 e. The van der Waals surface area contributed by atoms with Gasteiger partial charge >= 0.3 is 17.9 Å². The first-order chi connectivity index (χ1) is 17.3. The Balaban J connectivity index is 2.20. The van der Waals surface area contributed by atoms with Crippen LogP contribution in [0.25, 0.3) is 0 Å². The third-order valence-corrected chi connectivity index (χ3v) is 6.96. The van der Waals surface area contributed by atoms with Crippen LogP contribution in [0.2, 0.25) is 0 Å². The predicted molar refractivity (Wildman–Crippen MR) is 134 cm³/mol. The van der Waals surface area contributed by atoms with Crippen molar-refractivity contribution in [3.8, 4) is 0 Å². The molecule has 2 N–H and O–H groups in total. The van der Waals surface area contributed by atoms with Gasteiger partial charge in [-0.05, 0) is 22.8 Å². The fourth-order valence-electron chi connectivity index (χ4n) is 5.56. The summed E-state index contributed by atoms with van der Waals surface area (Å²) in [4.78, 5) is 37.8. The summed E-state index contributed by atoms with van der Waals surface area (Å²) in [5.41, 5.74) is -1.39. The maximum absolute atomic E-state index is 13.6. The Hall–Kier alpha value is -4.45. The highest BCUT2D eigenvalue weighted by molar-refractivity contribution is 5.94. The number of carboxylic acids is 2. The molecule has 2 atom stereocenters. The summed E-state index contributed by atoms with van der Waals surface area (Å²) < 4.78 is 5.22. The van der Waals surface area contributed by atoms with Crippen LogP contribution in [0.3, 0.4) is 0 Å². The molecule has 6 nitrogen and oxygen atoms in total. The summed E-state index contributed by atoms with van der Waals surface area (Å²) in [7, 11) is 0. The minimum absolute atomic E-state index is 0.164. The van der Waals surface area contributed by atoms with Crippen LogP contribution in [0.5, 0.6) is 0 Å². The van der Waals surface area contributed by atoms with E-state index in [1.807, 2.05) is 91.0 Å². The molecule has 2 unspecified atom stereocenters. The number of ether oxygens (including phenoxy) is 1. The molecule has 0 amide bonds. The molecule has 0 radical (unpaired) electrons. The van der Waals surface area contributed by atoms with Gasteiger partial charge in [0.15, 0.2) is 0 Å². The van der Waals surface area contributed by atoms with Crippen molar-refractivity contribution >= 4 is 17.9 Å². The molecule has 0 fully saturated rings. The second-order valence-corrected chi connectivity index (χ2v) is 8.75. The molecule has 6 heteroatoms. The third-order valence-electron chi connectivity index (χ3n) is 6.96. The van der Waals surface area contributed by atoms with Gasteiger partial charge in [-0.2, -0.15) is 0 Å². The van der Waals surface area contributed by atoms with Crippen molar-refractivity contribution < 1.29 is 29.3 Å². The highest BCUT2D eigenvalue weighted by Crippen LogP contribution is 2.59. The van der Waals surface area contributed by atoms with Gasteiger partial charge in [0.2, 0.25) is 0 Å². The number of rotatable bonds is 7. The summed E-state index contributed by atoms with van der Waals surface area (Å²) in [5.74, 6) is -4.51. The van der Waals surface area contributed by atoms with Gasteiger partial charge in [0.05, 0.1) is 11.0 Å². The van der Waals surface area contributed by atoms with Crippen molar-refractivity contribution in [1.29, 1.82) is 0 Å². The lowest BCUT2D eigenvalue weighted by molar-refractivity contribution is -0.151. The molecular formula is C30H26O6. The Labute approximate surface area is 209 Å². The number of carbonyl (C=O) groups excluding carboxylic acids is 1. The van der Waals surface area contributed by atoms with E-state index >= 15 is 0 Å². The summed E-state index contributed by atoms with van der Waals surface area (Å²) in [6.45, 7) is 2.74. The first-order valence-corrected chi connectivity index (χ1v) is 11.5. The molecular weight excluding hydrogens is 456 g/mol. The Morgan fingerprint density at radius 3 is 1.53 bits per heavy atom.